The monoisotopic (exact) mass is 403 g/mol. The van der Waals surface area contributed by atoms with Gasteiger partial charge in [-0.3, -0.25) is 14.6 Å². The van der Waals surface area contributed by atoms with E-state index in [0.29, 0.717) is 19.4 Å². The van der Waals surface area contributed by atoms with E-state index in [2.05, 4.69) is 9.97 Å². The van der Waals surface area contributed by atoms with Crippen LogP contribution >= 0.6 is 0 Å². The number of benzene rings is 1. The molecule has 1 unspecified atom stereocenters. The van der Waals surface area contributed by atoms with Crippen LogP contribution in [-0.2, 0) is 10.0 Å². The van der Waals surface area contributed by atoms with Crippen molar-refractivity contribution in [3.05, 3.63) is 63.2 Å². The third-order valence-electron chi connectivity index (χ3n) is 4.86. The molecule has 2 N–H and O–H groups in total. The highest BCUT2D eigenvalue weighted by molar-refractivity contribution is 7.89. The predicted molar refractivity (Wildman–Crippen MR) is 99.8 cm³/mol. The molecule has 0 aliphatic carbocycles. The van der Waals surface area contributed by atoms with E-state index in [1.807, 2.05) is 0 Å². The van der Waals surface area contributed by atoms with Gasteiger partial charge in [-0.25, -0.2) is 13.2 Å². The van der Waals surface area contributed by atoms with Crippen molar-refractivity contribution in [3.8, 4) is 0 Å². The van der Waals surface area contributed by atoms with Crippen LogP contribution in [0.2, 0.25) is 0 Å². The topological polar surface area (TPSA) is 133 Å². The Morgan fingerprint density at radius 2 is 2.04 bits per heavy atom. The number of hydrogen-bond donors (Lipinski definition) is 2. The number of aromatic amines is 2. The quantitative estimate of drug-likeness (QED) is 0.616. The Balaban J connectivity index is 1.67. The van der Waals surface area contributed by atoms with Crippen LogP contribution in [0.3, 0.4) is 0 Å². The molecule has 146 valence electrons. The molecule has 0 saturated carbocycles. The summed E-state index contributed by atoms with van der Waals surface area (Å²) in [5.74, 6) is -0.0601. The zero-order valence-electron chi connectivity index (χ0n) is 14.7. The van der Waals surface area contributed by atoms with Gasteiger partial charge in [0.2, 0.25) is 10.0 Å². The first kappa shape index (κ1) is 18.4. The number of carbonyl (C=O) groups is 1. The van der Waals surface area contributed by atoms with Gasteiger partial charge in [0, 0.05) is 19.0 Å². The normalized spacial score (nSPS) is 17.9. The lowest BCUT2D eigenvalue weighted by atomic mass is 10.1. The number of sulfonamides is 1. The predicted octanol–water partition coefficient (Wildman–Crippen LogP) is 1.24. The third-order valence-corrected chi connectivity index (χ3v) is 6.81. The Morgan fingerprint density at radius 3 is 2.79 bits per heavy atom. The molecule has 0 radical (unpaired) electrons. The van der Waals surface area contributed by atoms with Crippen molar-refractivity contribution in [2.75, 3.05) is 6.54 Å². The Bertz CT molecular complexity index is 1260. The molecule has 3 aromatic rings. The molecule has 1 aliphatic heterocycles. The highest BCUT2D eigenvalue weighted by Crippen LogP contribution is 2.29. The summed E-state index contributed by atoms with van der Waals surface area (Å²) in [6, 6.07) is 6.64. The molecule has 1 saturated heterocycles. The molecule has 9 nitrogen and oxygen atoms in total. The summed E-state index contributed by atoms with van der Waals surface area (Å²) in [7, 11) is -3.91. The molecule has 3 heterocycles. The van der Waals surface area contributed by atoms with E-state index in [9.17, 15) is 22.8 Å². The number of carbonyl (C=O) groups excluding carboxylic acids is 1. The lowest BCUT2D eigenvalue weighted by molar-refractivity contribution is 0.0934. The molecule has 1 aliphatic rings. The van der Waals surface area contributed by atoms with Gasteiger partial charge in [0.25, 0.3) is 5.56 Å². The molecule has 28 heavy (non-hydrogen) atoms. The minimum absolute atomic E-state index is 0.0221. The van der Waals surface area contributed by atoms with E-state index in [-0.39, 0.29) is 33.8 Å². The highest BCUT2D eigenvalue weighted by Gasteiger charge is 2.37. The number of Topliss-reactive ketones (excluding diaryl/α,β-unsaturated/α-hetero) is 1. The number of hydrogen-bond acceptors (Lipinski definition) is 6. The highest BCUT2D eigenvalue weighted by atomic mass is 32.2. The molecular weight excluding hydrogens is 386 g/mol. The summed E-state index contributed by atoms with van der Waals surface area (Å²) in [5, 5.41) is 0.0723. The summed E-state index contributed by atoms with van der Waals surface area (Å²) < 4.78 is 32.7. The van der Waals surface area contributed by atoms with E-state index in [1.165, 1.54) is 28.8 Å². The van der Waals surface area contributed by atoms with Crippen LogP contribution in [0.4, 0.5) is 0 Å². The van der Waals surface area contributed by atoms with E-state index >= 15 is 0 Å². The maximum Gasteiger partial charge on any atom is 0.326 e. The fourth-order valence-corrected chi connectivity index (χ4v) is 5.24. The van der Waals surface area contributed by atoms with Crippen LogP contribution in [0.15, 0.2) is 55.5 Å². The van der Waals surface area contributed by atoms with Crippen LogP contribution < -0.4 is 11.2 Å². The smallest absolute Gasteiger partial charge is 0.326 e. The van der Waals surface area contributed by atoms with Gasteiger partial charge in [-0.1, -0.05) is 0 Å². The van der Waals surface area contributed by atoms with Crippen molar-refractivity contribution in [3.63, 3.8) is 0 Å². The van der Waals surface area contributed by atoms with Gasteiger partial charge in [0.05, 0.1) is 22.1 Å². The molecule has 1 atom stereocenters. The molecule has 4 rings (SSSR count). The van der Waals surface area contributed by atoms with Gasteiger partial charge in [-0.2, -0.15) is 4.31 Å². The number of aromatic nitrogens is 2. The van der Waals surface area contributed by atoms with Gasteiger partial charge >= 0.3 is 5.69 Å². The number of ketones is 1. The lowest BCUT2D eigenvalue weighted by Gasteiger charge is -2.23. The molecule has 10 heteroatoms. The van der Waals surface area contributed by atoms with E-state index in [0.717, 1.165) is 0 Å². The molecule has 2 aromatic heterocycles. The average molecular weight is 403 g/mol. The van der Waals surface area contributed by atoms with Crippen molar-refractivity contribution in [1.82, 2.24) is 14.3 Å². The standard InChI is InChI=1S/C18H17N3O6S/c22-15(16-4-2-8-27-16)9-11-3-1-7-21(11)28(25,26)12-5-6-14-13(10-12)17(23)20-18(24)19-14/h2,4-6,8,10-11H,1,3,7,9H2,(H2,19,20,23,24). The zero-order chi connectivity index (χ0) is 19.9. The molecule has 0 spiro atoms. The van der Waals surface area contributed by atoms with Gasteiger partial charge < -0.3 is 9.40 Å². The van der Waals surface area contributed by atoms with Crippen molar-refractivity contribution >= 4 is 26.7 Å². The second-order valence-electron chi connectivity index (χ2n) is 6.63. The summed E-state index contributed by atoms with van der Waals surface area (Å²) in [5.41, 5.74) is -1.08. The summed E-state index contributed by atoms with van der Waals surface area (Å²) in [6.07, 6.45) is 2.62. The van der Waals surface area contributed by atoms with Crippen LogP contribution in [-0.4, -0.2) is 41.1 Å². The van der Waals surface area contributed by atoms with Crippen molar-refractivity contribution in [1.29, 1.82) is 0 Å². The first-order chi connectivity index (χ1) is 13.4. The molecule has 1 aromatic carbocycles. The largest absolute Gasteiger partial charge is 0.461 e. The number of nitrogens with zero attached hydrogens (tertiary/aromatic N) is 1. The second-order valence-corrected chi connectivity index (χ2v) is 8.52. The summed E-state index contributed by atoms with van der Waals surface area (Å²) in [4.78, 5) is 40.2. The van der Waals surface area contributed by atoms with E-state index < -0.39 is 27.3 Å². The second kappa shape index (κ2) is 6.88. The lowest BCUT2D eigenvalue weighted by Crippen LogP contribution is -2.37. The molecule has 0 amide bonds. The van der Waals surface area contributed by atoms with E-state index in [4.69, 9.17) is 4.42 Å². The average Bonchev–Trinajstić information content (AvgIpc) is 3.33. The van der Waals surface area contributed by atoms with Crippen LogP contribution in [0, 0.1) is 0 Å². The Labute approximate surface area is 159 Å². The maximum atomic E-state index is 13.1. The third kappa shape index (κ3) is 3.20. The fourth-order valence-electron chi connectivity index (χ4n) is 3.52. The minimum atomic E-state index is -3.91. The first-order valence-electron chi connectivity index (χ1n) is 8.71. The Hall–Kier alpha value is -2.98. The van der Waals surface area contributed by atoms with Gasteiger partial charge in [0.1, 0.15) is 0 Å². The van der Waals surface area contributed by atoms with Gasteiger partial charge in [-0.15, -0.1) is 0 Å². The first-order valence-corrected chi connectivity index (χ1v) is 10.2. The van der Waals surface area contributed by atoms with Crippen LogP contribution in [0.1, 0.15) is 29.8 Å². The summed E-state index contributed by atoms with van der Waals surface area (Å²) >= 11 is 0. The minimum Gasteiger partial charge on any atom is -0.461 e. The summed E-state index contributed by atoms with van der Waals surface area (Å²) in [6.45, 7) is 0.290. The number of fused-ring (bicyclic) bond motifs is 1. The molecular formula is C18H17N3O6S. The molecule has 1 fully saturated rings. The van der Waals surface area contributed by atoms with Crippen molar-refractivity contribution in [2.24, 2.45) is 0 Å². The van der Waals surface area contributed by atoms with Crippen LogP contribution in [0.5, 0.6) is 0 Å². The maximum absolute atomic E-state index is 13.1. The Kier molecular flexibility index (Phi) is 4.52. The number of H-pyrrole nitrogens is 2. The van der Waals surface area contributed by atoms with Crippen molar-refractivity contribution in [2.45, 2.75) is 30.2 Å². The zero-order valence-corrected chi connectivity index (χ0v) is 15.5. The SMILES string of the molecule is O=C(CC1CCCN1S(=O)(=O)c1ccc2[nH]c(=O)[nH]c(=O)c2c1)c1ccco1. The van der Waals surface area contributed by atoms with Gasteiger partial charge in [0.15, 0.2) is 11.5 Å². The number of furan rings is 1. The number of nitrogens with one attached hydrogen (secondary N) is 2. The van der Waals surface area contributed by atoms with E-state index in [1.54, 1.807) is 12.1 Å². The molecule has 0 bridgehead atoms. The fraction of sp³-hybridized carbons (Fsp3) is 0.278. The van der Waals surface area contributed by atoms with Crippen LogP contribution in [0.25, 0.3) is 10.9 Å². The van der Waals surface area contributed by atoms with Crippen molar-refractivity contribution < 1.29 is 17.6 Å². The van der Waals surface area contributed by atoms with Gasteiger partial charge in [-0.05, 0) is 43.2 Å². The number of rotatable bonds is 5. The Morgan fingerprint density at radius 1 is 1.21 bits per heavy atom.